The van der Waals surface area contributed by atoms with Crippen LogP contribution in [0, 0.1) is 0 Å². The highest BCUT2D eigenvalue weighted by atomic mass is 79.9. The number of benzene rings is 2. The largest absolute Gasteiger partial charge is 0.449 e. The fourth-order valence-corrected chi connectivity index (χ4v) is 3.52. The minimum absolute atomic E-state index is 0.129. The van der Waals surface area contributed by atoms with Crippen molar-refractivity contribution in [3.63, 3.8) is 0 Å². The standard InChI is InChI=1S/C15H10BrClO2/c16-14-12-6-2-1-5-10(12)11-7-3-4-9(13(11)14)8-19-15(17)18/h1-7,14H,8H2. The van der Waals surface area contributed by atoms with E-state index in [1.165, 1.54) is 16.7 Å². The molecule has 0 bridgehead atoms. The molecule has 0 aromatic heterocycles. The van der Waals surface area contributed by atoms with Gasteiger partial charge in [0.15, 0.2) is 0 Å². The van der Waals surface area contributed by atoms with Gasteiger partial charge in [-0.2, -0.15) is 0 Å². The molecule has 96 valence electrons. The molecule has 0 spiro atoms. The zero-order valence-electron chi connectivity index (χ0n) is 9.90. The maximum Gasteiger partial charge on any atom is 0.404 e. The lowest BCUT2D eigenvalue weighted by Gasteiger charge is -2.11. The molecule has 0 heterocycles. The third kappa shape index (κ3) is 2.17. The van der Waals surface area contributed by atoms with Gasteiger partial charge in [0.25, 0.3) is 0 Å². The van der Waals surface area contributed by atoms with Gasteiger partial charge >= 0.3 is 5.43 Å². The first kappa shape index (κ1) is 12.7. The summed E-state index contributed by atoms with van der Waals surface area (Å²) < 4.78 is 4.91. The van der Waals surface area contributed by atoms with Crippen LogP contribution in [0.25, 0.3) is 11.1 Å². The van der Waals surface area contributed by atoms with E-state index in [1.54, 1.807) is 0 Å². The Balaban J connectivity index is 2.08. The summed E-state index contributed by atoms with van der Waals surface area (Å²) in [6.45, 7) is 0.196. The number of carbonyl (C=O) groups excluding carboxylic acids is 1. The molecular formula is C15H10BrClO2. The first-order chi connectivity index (χ1) is 9.18. The lowest BCUT2D eigenvalue weighted by Crippen LogP contribution is -2.00. The van der Waals surface area contributed by atoms with Gasteiger partial charge in [0.1, 0.15) is 6.61 Å². The number of rotatable bonds is 2. The average molecular weight is 338 g/mol. The van der Waals surface area contributed by atoms with Crippen molar-refractivity contribution in [3.05, 3.63) is 59.2 Å². The van der Waals surface area contributed by atoms with E-state index in [0.29, 0.717) is 0 Å². The Hall–Kier alpha value is -1.32. The van der Waals surface area contributed by atoms with Gasteiger partial charge in [-0.15, -0.1) is 0 Å². The molecule has 4 heteroatoms. The monoisotopic (exact) mass is 336 g/mol. The Labute approximate surface area is 124 Å². The molecule has 1 unspecified atom stereocenters. The van der Waals surface area contributed by atoms with Crippen molar-refractivity contribution in [2.75, 3.05) is 0 Å². The Morgan fingerprint density at radius 1 is 1.16 bits per heavy atom. The highest BCUT2D eigenvalue weighted by Crippen LogP contribution is 2.49. The number of halogens is 2. The molecular weight excluding hydrogens is 328 g/mol. The Kier molecular flexibility index (Phi) is 3.33. The number of hydrogen-bond acceptors (Lipinski definition) is 2. The number of carbonyl (C=O) groups is 1. The summed E-state index contributed by atoms with van der Waals surface area (Å²) in [6.07, 6.45) is 0. The highest BCUT2D eigenvalue weighted by Gasteiger charge is 2.28. The molecule has 19 heavy (non-hydrogen) atoms. The topological polar surface area (TPSA) is 26.3 Å². The van der Waals surface area contributed by atoms with Crippen molar-refractivity contribution < 1.29 is 9.53 Å². The van der Waals surface area contributed by atoms with Gasteiger partial charge in [0, 0.05) is 11.6 Å². The molecule has 0 saturated carbocycles. The van der Waals surface area contributed by atoms with Crippen LogP contribution in [0.2, 0.25) is 0 Å². The van der Waals surface area contributed by atoms with Gasteiger partial charge in [-0.05, 0) is 27.8 Å². The van der Waals surface area contributed by atoms with E-state index in [2.05, 4.69) is 34.1 Å². The molecule has 3 rings (SSSR count). The second-order valence-electron chi connectivity index (χ2n) is 4.35. The second kappa shape index (κ2) is 4.99. The number of alkyl halides is 1. The summed E-state index contributed by atoms with van der Waals surface area (Å²) in [5.74, 6) is 0. The van der Waals surface area contributed by atoms with Crippen molar-refractivity contribution in [2.24, 2.45) is 0 Å². The van der Waals surface area contributed by atoms with Crippen molar-refractivity contribution in [1.82, 2.24) is 0 Å². The van der Waals surface area contributed by atoms with Crippen LogP contribution in [0.3, 0.4) is 0 Å². The highest BCUT2D eigenvalue weighted by molar-refractivity contribution is 9.09. The van der Waals surface area contributed by atoms with E-state index in [-0.39, 0.29) is 11.4 Å². The van der Waals surface area contributed by atoms with Crippen LogP contribution in [-0.2, 0) is 11.3 Å². The number of fused-ring (bicyclic) bond motifs is 3. The molecule has 1 aliphatic carbocycles. The van der Waals surface area contributed by atoms with Gasteiger partial charge in [-0.25, -0.2) is 4.79 Å². The Morgan fingerprint density at radius 2 is 1.89 bits per heavy atom. The van der Waals surface area contributed by atoms with E-state index in [4.69, 9.17) is 16.3 Å². The lowest BCUT2D eigenvalue weighted by molar-refractivity contribution is 0.167. The summed E-state index contributed by atoms with van der Waals surface area (Å²) in [6, 6.07) is 14.3. The van der Waals surface area contributed by atoms with Crippen LogP contribution >= 0.6 is 27.5 Å². The lowest BCUT2D eigenvalue weighted by atomic mass is 10.0. The zero-order chi connectivity index (χ0) is 13.4. The molecule has 0 N–H and O–H groups in total. The number of ether oxygens (including phenoxy) is 1. The molecule has 1 aliphatic rings. The van der Waals surface area contributed by atoms with Crippen LogP contribution < -0.4 is 0 Å². The molecule has 0 saturated heterocycles. The van der Waals surface area contributed by atoms with E-state index >= 15 is 0 Å². The van der Waals surface area contributed by atoms with Crippen molar-refractivity contribution >= 4 is 33.0 Å². The summed E-state index contributed by atoms with van der Waals surface area (Å²) in [5, 5.41) is 0. The van der Waals surface area contributed by atoms with Crippen molar-refractivity contribution in [3.8, 4) is 11.1 Å². The van der Waals surface area contributed by atoms with Gasteiger partial charge in [0.05, 0.1) is 4.83 Å². The third-order valence-electron chi connectivity index (χ3n) is 3.32. The first-order valence-corrected chi connectivity index (χ1v) is 7.15. The van der Waals surface area contributed by atoms with Gasteiger partial charge < -0.3 is 4.74 Å². The van der Waals surface area contributed by atoms with Crippen LogP contribution in [0.5, 0.6) is 0 Å². The fraction of sp³-hybridized carbons (Fsp3) is 0.133. The Morgan fingerprint density at radius 3 is 2.68 bits per heavy atom. The van der Waals surface area contributed by atoms with Gasteiger partial charge in [0.2, 0.25) is 0 Å². The van der Waals surface area contributed by atoms with Gasteiger partial charge in [-0.3, -0.25) is 0 Å². The second-order valence-corrected chi connectivity index (χ2v) is 5.58. The molecule has 0 aliphatic heterocycles. The minimum Gasteiger partial charge on any atom is -0.449 e. The molecule has 0 radical (unpaired) electrons. The summed E-state index contributed by atoms with van der Waals surface area (Å²) >= 11 is 8.95. The zero-order valence-corrected chi connectivity index (χ0v) is 12.2. The van der Waals surface area contributed by atoms with E-state index in [1.807, 2.05) is 24.3 Å². The normalized spacial score (nSPS) is 15.8. The molecule has 2 aromatic carbocycles. The summed E-state index contributed by atoms with van der Waals surface area (Å²) in [7, 11) is 0. The van der Waals surface area contributed by atoms with Crippen LogP contribution in [0.1, 0.15) is 21.5 Å². The third-order valence-corrected chi connectivity index (χ3v) is 4.38. The predicted octanol–water partition coefficient (Wildman–Crippen LogP) is 5.03. The van der Waals surface area contributed by atoms with E-state index in [9.17, 15) is 4.79 Å². The maximum absolute atomic E-state index is 10.7. The number of hydrogen-bond donors (Lipinski definition) is 0. The van der Waals surface area contributed by atoms with E-state index in [0.717, 1.165) is 11.1 Å². The molecule has 2 aromatic rings. The molecule has 0 amide bonds. The fourth-order valence-electron chi connectivity index (χ4n) is 2.53. The SMILES string of the molecule is O=C(Cl)OCc1cccc2c1C(Br)c1ccccc1-2. The molecule has 1 atom stereocenters. The maximum atomic E-state index is 10.7. The quantitative estimate of drug-likeness (QED) is 0.568. The van der Waals surface area contributed by atoms with E-state index < -0.39 is 5.43 Å². The Bertz CT molecular complexity index is 654. The minimum atomic E-state index is -0.778. The summed E-state index contributed by atoms with van der Waals surface area (Å²) in [4.78, 5) is 10.9. The van der Waals surface area contributed by atoms with Crippen LogP contribution in [0.4, 0.5) is 4.79 Å². The molecule has 2 nitrogen and oxygen atoms in total. The molecule has 0 fully saturated rings. The van der Waals surface area contributed by atoms with Gasteiger partial charge in [-0.1, -0.05) is 58.4 Å². The smallest absolute Gasteiger partial charge is 0.404 e. The van der Waals surface area contributed by atoms with Crippen LogP contribution in [-0.4, -0.2) is 5.43 Å². The first-order valence-electron chi connectivity index (χ1n) is 5.86. The van der Waals surface area contributed by atoms with Crippen molar-refractivity contribution in [1.29, 1.82) is 0 Å². The predicted molar refractivity (Wildman–Crippen MR) is 78.7 cm³/mol. The van der Waals surface area contributed by atoms with Crippen molar-refractivity contribution in [2.45, 2.75) is 11.4 Å². The summed E-state index contributed by atoms with van der Waals surface area (Å²) in [5.41, 5.74) is 4.99. The van der Waals surface area contributed by atoms with Crippen LogP contribution in [0.15, 0.2) is 42.5 Å². The average Bonchev–Trinajstić information content (AvgIpc) is 2.71.